The van der Waals surface area contributed by atoms with E-state index in [-0.39, 0.29) is 0 Å². The summed E-state index contributed by atoms with van der Waals surface area (Å²) in [4.78, 5) is 8.24. The van der Waals surface area contributed by atoms with E-state index in [9.17, 15) is 0 Å². The number of nitrogens with one attached hydrogen (secondary N) is 1. The Morgan fingerprint density at radius 2 is 2.04 bits per heavy atom. The number of nitrogens with two attached hydrogens (primary N) is 3. The normalized spacial score (nSPS) is 10.6. The topological polar surface area (TPSA) is 143 Å². The van der Waals surface area contributed by atoms with Crippen LogP contribution in [0.15, 0.2) is 36.8 Å². The lowest BCUT2D eigenvalue weighted by atomic mass is 10.1. The number of methoxy groups -OCH3 is 1. The van der Waals surface area contributed by atoms with E-state index in [2.05, 4.69) is 20.5 Å². The van der Waals surface area contributed by atoms with E-state index in [1.54, 1.807) is 25.6 Å². The van der Waals surface area contributed by atoms with Gasteiger partial charge in [-0.1, -0.05) is 6.07 Å². The van der Waals surface area contributed by atoms with Crippen LogP contribution in [0, 0.1) is 0 Å². The van der Waals surface area contributed by atoms with E-state index in [1.165, 1.54) is 0 Å². The van der Waals surface area contributed by atoms with Gasteiger partial charge in [0, 0.05) is 24.9 Å². The van der Waals surface area contributed by atoms with Crippen LogP contribution in [0.25, 0.3) is 0 Å². The Bertz CT molecular complexity index is 859. The average Bonchev–Trinajstić information content (AvgIpc) is 3.05. The summed E-state index contributed by atoms with van der Waals surface area (Å²) in [5.74, 6) is 6.72. The molecule has 3 aromatic rings. The number of pyridine rings is 2. The number of nitrogens with zero attached hydrogens (tertiary/aromatic N) is 4. The van der Waals surface area contributed by atoms with E-state index in [4.69, 9.17) is 22.0 Å². The molecular formula is C16H20N8O. The van der Waals surface area contributed by atoms with Crippen molar-refractivity contribution in [3.8, 4) is 5.88 Å². The van der Waals surface area contributed by atoms with E-state index in [1.807, 2.05) is 23.0 Å². The lowest BCUT2D eigenvalue weighted by Crippen LogP contribution is -2.13. The van der Waals surface area contributed by atoms with Gasteiger partial charge in [0.2, 0.25) is 5.88 Å². The minimum atomic E-state index is 0.355. The number of aromatic nitrogens is 4. The fourth-order valence-electron chi connectivity index (χ4n) is 2.50. The smallest absolute Gasteiger partial charge is 0.212 e. The van der Waals surface area contributed by atoms with E-state index in [0.717, 1.165) is 16.7 Å². The number of rotatable bonds is 6. The molecule has 7 N–H and O–H groups in total. The second kappa shape index (κ2) is 7.05. The molecule has 0 radical (unpaired) electrons. The van der Waals surface area contributed by atoms with Crippen LogP contribution in [0.5, 0.6) is 5.88 Å². The van der Waals surface area contributed by atoms with Crippen molar-refractivity contribution in [1.29, 1.82) is 0 Å². The van der Waals surface area contributed by atoms with E-state index < -0.39 is 0 Å². The maximum Gasteiger partial charge on any atom is 0.212 e. The highest BCUT2D eigenvalue weighted by Crippen LogP contribution is 2.24. The summed E-state index contributed by atoms with van der Waals surface area (Å²) >= 11 is 0. The van der Waals surface area contributed by atoms with Crippen LogP contribution in [-0.4, -0.2) is 26.9 Å². The second-order valence-electron chi connectivity index (χ2n) is 5.54. The van der Waals surface area contributed by atoms with Crippen molar-refractivity contribution in [2.75, 3.05) is 24.0 Å². The third-order valence-electron chi connectivity index (χ3n) is 3.73. The van der Waals surface area contributed by atoms with Gasteiger partial charge in [0.15, 0.2) is 5.82 Å². The monoisotopic (exact) mass is 340 g/mol. The van der Waals surface area contributed by atoms with Crippen LogP contribution in [0.3, 0.4) is 0 Å². The van der Waals surface area contributed by atoms with Crippen LogP contribution in [0.1, 0.15) is 16.7 Å². The molecule has 3 aromatic heterocycles. The molecular weight excluding hydrogens is 320 g/mol. The van der Waals surface area contributed by atoms with Crippen LogP contribution >= 0.6 is 0 Å². The number of hydrogen-bond acceptors (Lipinski definition) is 8. The van der Waals surface area contributed by atoms with Crippen molar-refractivity contribution < 1.29 is 4.74 Å². The maximum absolute atomic E-state index is 6.06. The van der Waals surface area contributed by atoms with Crippen LogP contribution in [-0.2, 0) is 13.0 Å². The van der Waals surface area contributed by atoms with Gasteiger partial charge in [0.25, 0.3) is 0 Å². The van der Waals surface area contributed by atoms with Gasteiger partial charge in [-0.15, -0.1) is 0 Å². The average molecular weight is 340 g/mol. The van der Waals surface area contributed by atoms with Gasteiger partial charge >= 0.3 is 0 Å². The Kier molecular flexibility index (Phi) is 4.66. The fraction of sp³-hybridized carbons (Fsp3) is 0.188. The highest BCUT2D eigenvalue weighted by atomic mass is 16.5. The number of anilines is 3. The molecule has 0 aromatic carbocycles. The quantitative estimate of drug-likeness (QED) is 0.380. The maximum atomic E-state index is 6.06. The Morgan fingerprint density at radius 1 is 1.20 bits per heavy atom. The van der Waals surface area contributed by atoms with Crippen molar-refractivity contribution in [3.63, 3.8) is 0 Å². The van der Waals surface area contributed by atoms with Crippen LogP contribution in [0.4, 0.5) is 17.3 Å². The van der Waals surface area contributed by atoms with Gasteiger partial charge in [-0.2, -0.15) is 5.10 Å². The van der Waals surface area contributed by atoms with Gasteiger partial charge in [-0.3, -0.25) is 4.68 Å². The fourth-order valence-corrected chi connectivity index (χ4v) is 2.50. The number of ether oxygens (including phenoxy) is 1. The Hall–Kier alpha value is -3.33. The Balaban J connectivity index is 1.74. The zero-order valence-electron chi connectivity index (χ0n) is 13.8. The van der Waals surface area contributed by atoms with Gasteiger partial charge < -0.3 is 21.6 Å². The first-order valence-electron chi connectivity index (χ1n) is 7.60. The molecule has 25 heavy (non-hydrogen) atoms. The molecule has 0 unspecified atom stereocenters. The third kappa shape index (κ3) is 3.78. The molecule has 130 valence electrons. The zero-order chi connectivity index (χ0) is 17.8. The Labute approximate surface area is 144 Å². The largest absolute Gasteiger partial charge is 0.481 e. The minimum absolute atomic E-state index is 0.355. The summed E-state index contributed by atoms with van der Waals surface area (Å²) in [6.07, 6.45) is 6.09. The molecule has 9 nitrogen and oxygen atoms in total. The molecule has 3 rings (SSSR count). The van der Waals surface area contributed by atoms with E-state index >= 15 is 0 Å². The summed E-state index contributed by atoms with van der Waals surface area (Å²) < 4.78 is 6.89. The van der Waals surface area contributed by atoms with Gasteiger partial charge in [0.05, 0.1) is 25.5 Å². The first-order valence-corrected chi connectivity index (χ1v) is 7.60. The summed E-state index contributed by atoms with van der Waals surface area (Å²) in [5, 5.41) is 4.37. The molecule has 0 fully saturated rings. The molecule has 3 heterocycles. The molecule has 0 atom stereocenters. The predicted octanol–water partition coefficient (Wildman–Crippen LogP) is 0.771. The first kappa shape index (κ1) is 16.5. The number of hydrazine groups is 1. The molecule has 0 saturated carbocycles. The zero-order valence-corrected chi connectivity index (χ0v) is 13.8. The summed E-state index contributed by atoms with van der Waals surface area (Å²) in [6, 6.07) is 5.51. The second-order valence-corrected chi connectivity index (χ2v) is 5.54. The predicted molar refractivity (Wildman–Crippen MR) is 95.8 cm³/mol. The first-order chi connectivity index (χ1) is 12.1. The summed E-state index contributed by atoms with van der Waals surface area (Å²) in [7, 11) is 1.59. The molecule has 0 spiro atoms. The molecule has 0 amide bonds. The molecule has 9 heteroatoms. The van der Waals surface area contributed by atoms with Gasteiger partial charge in [0.1, 0.15) is 5.82 Å². The standard InChI is InChI=1S/C16H20N8O/c1-25-14-3-2-10(6-20-14)8-24-9-11(7-21-24)4-12-5-13(17)22-16(23-19)15(12)18/h2-3,5-7,9H,4,8,18-19H2,1H3,(H3,17,22,23). The highest BCUT2D eigenvalue weighted by Gasteiger charge is 2.10. The lowest BCUT2D eigenvalue weighted by molar-refractivity contribution is 0.397. The molecule has 0 aliphatic heterocycles. The van der Waals surface area contributed by atoms with Crippen molar-refractivity contribution in [3.05, 3.63) is 53.5 Å². The van der Waals surface area contributed by atoms with Crippen molar-refractivity contribution in [1.82, 2.24) is 19.7 Å². The molecule has 0 saturated heterocycles. The third-order valence-corrected chi connectivity index (χ3v) is 3.73. The molecule has 0 bridgehead atoms. The summed E-state index contributed by atoms with van der Waals surface area (Å²) in [5.41, 5.74) is 17.6. The molecule has 0 aliphatic carbocycles. The number of hydrogen-bond donors (Lipinski definition) is 4. The summed E-state index contributed by atoms with van der Waals surface area (Å²) in [6.45, 7) is 0.612. The highest BCUT2D eigenvalue weighted by molar-refractivity contribution is 5.68. The SMILES string of the molecule is COc1ccc(Cn2cc(Cc3cc(N)nc(NN)c3N)cn2)cn1. The van der Waals surface area contributed by atoms with Crippen LogP contribution < -0.4 is 27.5 Å². The van der Waals surface area contributed by atoms with Gasteiger partial charge in [-0.05, 0) is 22.8 Å². The van der Waals surface area contributed by atoms with Crippen molar-refractivity contribution >= 4 is 17.3 Å². The van der Waals surface area contributed by atoms with E-state index in [0.29, 0.717) is 36.2 Å². The minimum Gasteiger partial charge on any atom is -0.481 e. The molecule has 0 aliphatic rings. The lowest BCUT2D eigenvalue weighted by Gasteiger charge is -2.10. The van der Waals surface area contributed by atoms with Crippen molar-refractivity contribution in [2.24, 2.45) is 5.84 Å². The number of nitrogen functional groups attached to an aromatic ring is 3. The Morgan fingerprint density at radius 3 is 2.72 bits per heavy atom. The van der Waals surface area contributed by atoms with Crippen molar-refractivity contribution in [2.45, 2.75) is 13.0 Å². The van der Waals surface area contributed by atoms with Gasteiger partial charge in [-0.25, -0.2) is 15.8 Å². The van der Waals surface area contributed by atoms with Crippen LogP contribution in [0.2, 0.25) is 0 Å².